The molecule has 2 aromatic heterocycles. The van der Waals surface area contributed by atoms with Gasteiger partial charge in [0.05, 0.1) is 16.9 Å². The fraction of sp³-hybridized carbons (Fsp3) is 0.111. The van der Waals surface area contributed by atoms with Gasteiger partial charge in [0.25, 0.3) is 0 Å². The maximum atomic E-state index is 10.5. The molecule has 0 spiro atoms. The van der Waals surface area contributed by atoms with Crippen LogP contribution >= 0.6 is 22.7 Å². The summed E-state index contributed by atoms with van der Waals surface area (Å²) in [5.41, 5.74) is 0. The van der Waals surface area contributed by atoms with Crippen LogP contribution in [0.2, 0.25) is 0 Å². The zero-order valence-corrected chi connectivity index (χ0v) is 9.43. The van der Waals surface area contributed by atoms with Gasteiger partial charge in [-0.1, -0.05) is 22.7 Å². The number of hydrogen-bond donors (Lipinski definition) is 0. The van der Waals surface area contributed by atoms with Gasteiger partial charge in [0.2, 0.25) is 0 Å². The maximum Gasteiger partial charge on any atom is 0.324 e. The number of thiophene rings is 2. The summed E-state index contributed by atoms with van der Waals surface area (Å²) in [4.78, 5) is 12.0. The van der Waals surface area contributed by atoms with Gasteiger partial charge in [-0.15, -0.1) is 0 Å². The second-order valence-electron chi connectivity index (χ2n) is 2.72. The zero-order valence-electron chi connectivity index (χ0n) is 7.80. The molecule has 0 fully saturated rings. The lowest BCUT2D eigenvalue weighted by Crippen LogP contribution is -1.80. The molecule has 0 aliphatic carbocycles. The first kappa shape index (κ1) is 10.1. The fourth-order valence-electron chi connectivity index (χ4n) is 1.12. The molecule has 0 saturated carbocycles. The van der Waals surface area contributed by atoms with Gasteiger partial charge in [0.15, 0.2) is 5.06 Å². The Morgan fingerprint density at radius 2 is 1.87 bits per heavy atom. The zero-order chi connectivity index (χ0) is 10.8. The van der Waals surface area contributed by atoms with E-state index in [9.17, 15) is 10.1 Å². The lowest BCUT2D eigenvalue weighted by atomic mass is 10.4. The molecule has 0 aliphatic rings. The van der Waals surface area contributed by atoms with Crippen LogP contribution in [0.4, 0.5) is 5.00 Å². The van der Waals surface area contributed by atoms with Crippen molar-refractivity contribution in [2.45, 2.75) is 0 Å². The summed E-state index contributed by atoms with van der Waals surface area (Å²) in [6, 6.07) is 7.03. The molecule has 2 rings (SSSR count). The molecule has 0 atom stereocenters. The third kappa shape index (κ3) is 2.00. The van der Waals surface area contributed by atoms with E-state index in [1.165, 1.54) is 28.7 Å². The summed E-state index contributed by atoms with van der Waals surface area (Å²) >= 11 is 2.65. The van der Waals surface area contributed by atoms with Crippen molar-refractivity contribution in [2.75, 3.05) is 7.11 Å². The molecular weight excluding hydrogens is 234 g/mol. The Bertz CT molecular complexity index is 489. The van der Waals surface area contributed by atoms with E-state index in [0.29, 0.717) is 0 Å². The van der Waals surface area contributed by atoms with Gasteiger partial charge in [-0.3, -0.25) is 10.1 Å². The molecular formula is C9H7NO3S2. The monoisotopic (exact) mass is 241 g/mol. The summed E-state index contributed by atoms with van der Waals surface area (Å²) in [5, 5.41) is 11.5. The Labute approximate surface area is 93.9 Å². The first-order valence-electron chi connectivity index (χ1n) is 4.09. The van der Waals surface area contributed by atoms with E-state index in [2.05, 4.69) is 0 Å². The smallest absolute Gasteiger partial charge is 0.324 e. The topological polar surface area (TPSA) is 52.4 Å². The van der Waals surface area contributed by atoms with E-state index < -0.39 is 0 Å². The van der Waals surface area contributed by atoms with Crippen LogP contribution in [0.3, 0.4) is 0 Å². The van der Waals surface area contributed by atoms with Crippen molar-refractivity contribution in [1.29, 1.82) is 0 Å². The maximum absolute atomic E-state index is 10.5. The molecule has 15 heavy (non-hydrogen) atoms. The normalized spacial score (nSPS) is 10.2. The summed E-state index contributed by atoms with van der Waals surface area (Å²) in [6.45, 7) is 0. The highest BCUT2D eigenvalue weighted by molar-refractivity contribution is 7.24. The highest BCUT2D eigenvalue weighted by Gasteiger charge is 2.12. The lowest BCUT2D eigenvalue weighted by Gasteiger charge is -1.90. The highest BCUT2D eigenvalue weighted by atomic mass is 32.1. The van der Waals surface area contributed by atoms with Gasteiger partial charge < -0.3 is 4.74 Å². The fourth-order valence-corrected chi connectivity index (χ4v) is 2.85. The summed E-state index contributed by atoms with van der Waals surface area (Å²) in [6.07, 6.45) is 0. The Morgan fingerprint density at radius 3 is 2.40 bits per heavy atom. The molecule has 0 aromatic carbocycles. The minimum Gasteiger partial charge on any atom is -0.487 e. The van der Waals surface area contributed by atoms with Crippen LogP contribution in [-0.2, 0) is 0 Å². The Hall–Kier alpha value is -1.40. The Morgan fingerprint density at radius 1 is 1.20 bits per heavy atom. The summed E-state index contributed by atoms with van der Waals surface area (Å²) < 4.78 is 5.06. The molecule has 6 heteroatoms. The molecule has 0 aliphatic heterocycles. The third-order valence-electron chi connectivity index (χ3n) is 1.80. The van der Waals surface area contributed by atoms with E-state index >= 15 is 0 Å². The number of hydrogen-bond acceptors (Lipinski definition) is 5. The number of nitro groups is 1. The number of methoxy groups -OCH3 is 1. The van der Waals surface area contributed by atoms with Gasteiger partial charge in [-0.2, -0.15) is 0 Å². The minimum absolute atomic E-state index is 0.164. The second-order valence-corrected chi connectivity index (χ2v) is 4.83. The van der Waals surface area contributed by atoms with Gasteiger partial charge in [0, 0.05) is 10.9 Å². The molecule has 0 N–H and O–H groups in total. The molecule has 0 radical (unpaired) electrons. The van der Waals surface area contributed by atoms with Crippen molar-refractivity contribution >= 4 is 27.7 Å². The molecule has 0 amide bonds. The predicted molar refractivity (Wildman–Crippen MR) is 60.8 cm³/mol. The van der Waals surface area contributed by atoms with E-state index in [0.717, 1.165) is 14.8 Å². The largest absolute Gasteiger partial charge is 0.487 e. The van der Waals surface area contributed by atoms with Gasteiger partial charge >= 0.3 is 5.00 Å². The molecule has 78 valence electrons. The van der Waals surface area contributed by atoms with Crippen molar-refractivity contribution in [3.05, 3.63) is 34.4 Å². The average molecular weight is 241 g/mol. The number of rotatable bonds is 3. The van der Waals surface area contributed by atoms with Gasteiger partial charge in [-0.25, -0.2) is 0 Å². The van der Waals surface area contributed by atoms with Crippen LogP contribution in [0.15, 0.2) is 24.3 Å². The van der Waals surface area contributed by atoms with Crippen molar-refractivity contribution in [3.63, 3.8) is 0 Å². The SMILES string of the molecule is COc1ccc(-c2ccc([N+](=O)[O-])s2)s1. The quantitative estimate of drug-likeness (QED) is 0.611. The molecule has 0 bridgehead atoms. The number of ether oxygens (including phenoxy) is 1. The van der Waals surface area contributed by atoms with Crippen LogP contribution in [-0.4, -0.2) is 12.0 Å². The van der Waals surface area contributed by atoms with Crippen LogP contribution in [0, 0.1) is 10.1 Å². The van der Waals surface area contributed by atoms with Gasteiger partial charge in [-0.05, 0) is 18.2 Å². The molecule has 0 unspecified atom stereocenters. The van der Waals surface area contributed by atoms with Crippen molar-refractivity contribution in [2.24, 2.45) is 0 Å². The standard InChI is InChI=1S/C9H7NO3S2/c1-13-9-5-3-7(15-9)6-2-4-8(14-6)10(11)12/h2-5H,1H3. The van der Waals surface area contributed by atoms with Crippen molar-refractivity contribution in [1.82, 2.24) is 0 Å². The van der Waals surface area contributed by atoms with Crippen LogP contribution in [0.25, 0.3) is 9.75 Å². The molecule has 0 saturated heterocycles. The Kier molecular flexibility index (Phi) is 2.70. The lowest BCUT2D eigenvalue weighted by molar-refractivity contribution is -0.380. The van der Waals surface area contributed by atoms with E-state index in [4.69, 9.17) is 4.74 Å². The van der Waals surface area contributed by atoms with Crippen molar-refractivity contribution in [3.8, 4) is 14.8 Å². The first-order chi connectivity index (χ1) is 7.20. The first-order valence-corrected chi connectivity index (χ1v) is 5.72. The molecule has 2 aromatic rings. The molecule has 4 nitrogen and oxygen atoms in total. The third-order valence-corrected chi connectivity index (χ3v) is 4.08. The highest BCUT2D eigenvalue weighted by Crippen LogP contribution is 2.38. The van der Waals surface area contributed by atoms with Gasteiger partial charge in [0.1, 0.15) is 0 Å². The van der Waals surface area contributed by atoms with E-state index in [-0.39, 0.29) is 9.92 Å². The van der Waals surface area contributed by atoms with E-state index in [1.54, 1.807) is 13.2 Å². The second kappa shape index (κ2) is 4.00. The minimum atomic E-state index is -0.376. The summed E-state index contributed by atoms with van der Waals surface area (Å²) in [5.74, 6) is 0. The Balaban J connectivity index is 2.32. The summed E-state index contributed by atoms with van der Waals surface area (Å²) in [7, 11) is 1.60. The predicted octanol–water partition coefficient (Wildman–Crippen LogP) is 3.39. The number of nitrogens with zero attached hydrogens (tertiary/aromatic N) is 1. The van der Waals surface area contributed by atoms with Crippen LogP contribution in [0.1, 0.15) is 0 Å². The van der Waals surface area contributed by atoms with Crippen LogP contribution < -0.4 is 4.74 Å². The van der Waals surface area contributed by atoms with E-state index in [1.807, 2.05) is 12.1 Å². The molecule has 2 heterocycles. The average Bonchev–Trinajstić information content (AvgIpc) is 2.86. The van der Waals surface area contributed by atoms with Crippen LogP contribution in [0.5, 0.6) is 5.06 Å². The van der Waals surface area contributed by atoms with Crippen molar-refractivity contribution < 1.29 is 9.66 Å².